The van der Waals surface area contributed by atoms with Gasteiger partial charge in [0.15, 0.2) is 5.69 Å². The lowest BCUT2D eigenvalue weighted by atomic mass is 10.0. The Balaban J connectivity index is 1.90. The first-order valence-corrected chi connectivity index (χ1v) is 6.03. The minimum absolute atomic E-state index is 0.164. The van der Waals surface area contributed by atoms with Crippen LogP contribution in [0.5, 0.6) is 5.88 Å². The van der Waals surface area contributed by atoms with Gasteiger partial charge in [0.05, 0.1) is 26.1 Å². The molecule has 0 radical (unpaired) electrons. The summed E-state index contributed by atoms with van der Waals surface area (Å²) in [6.07, 6.45) is 5.18. The van der Waals surface area contributed by atoms with Crippen LogP contribution in [0, 0.1) is 5.92 Å². The summed E-state index contributed by atoms with van der Waals surface area (Å²) in [4.78, 5) is 19.2. The summed E-state index contributed by atoms with van der Waals surface area (Å²) in [6, 6.07) is 0. The van der Waals surface area contributed by atoms with Gasteiger partial charge in [0.25, 0.3) is 0 Å². The molecule has 2 heterocycles. The van der Waals surface area contributed by atoms with E-state index in [1.807, 2.05) is 0 Å². The lowest BCUT2D eigenvalue weighted by Crippen LogP contribution is -2.33. The van der Waals surface area contributed by atoms with Crippen LogP contribution < -0.4 is 10.1 Å². The lowest BCUT2D eigenvalue weighted by molar-refractivity contribution is 0.0591. The zero-order valence-corrected chi connectivity index (χ0v) is 10.4. The van der Waals surface area contributed by atoms with Crippen molar-refractivity contribution in [2.75, 3.05) is 26.8 Å². The van der Waals surface area contributed by atoms with E-state index in [0.29, 0.717) is 18.4 Å². The van der Waals surface area contributed by atoms with E-state index < -0.39 is 5.97 Å². The van der Waals surface area contributed by atoms with Crippen molar-refractivity contribution < 1.29 is 14.3 Å². The second kappa shape index (κ2) is 6.30. The Labute approximate surface area is 106 Å². The highest BCUT2D eigenvalue weighted by Gasteiger charge is 2.14. The van der Waals surface area contributed by atoms with Gasteiger partial charge in [0, 0.05) is 12.5 Å². The molecule has 0 saturated carbocycles. The van der Waals surface area contributed by atoms with E-state index in [9.17, 15) is 4.79 Å². The number of ether oxygens (including phenoxy) is 2. The molecule has 1 aromatic heterocycles. The number of hydrogen-bond acceptors (Lipinski definition) is 6. The molecule has 2 rings (SSSR count). The summed E-state index contributed by atoms with van der Waals surface area (Å²) in [5.41, 5.74) is 0.164. The third-order valence-electron chi connectivity index (χ3n) is 2.87. The van der Waals surface area contributed by atoms with Crippen molar-refractivity contribution in [3.05, 3.63) is 18.1 Å². The first kappa shape index (κ1) is 12.8. The molecule has 1 atom stereocenters. The number of rotatable bonds is 4. The molecule has 98 valence electrons. The van der Waals surface area contributed by atoms with Gasteiger partial charge in [-0.2, -0.15) is 0 Å². The maximum Gasteiger partial charge on any atom is 0.358 e. The number of esters is 1. The van der Waals surface area contributed by atoms with Crippen LogP contribution in [-0.2, 0) is 4.74 Å². The molecule has 1 fully saturated rings. The number of nitrogens with one attached hydrogen (secondary N) is 1. The van der Waals surface area contributed by atoms with Gasteiger partial charge >= 0.3 is 5.97 Å². The van der Waals surface area contributed by atoms with Crippen LogP contribution in [0.15, 0.2) is 12.4 Å². The molecule has 1 aliphatic heterocycles. The summed E-state index contributed by atoms with van der Waals surface area (Å²) < 4.78 is 10.1. The van der Waals surface area contributed by atoms with Gasteiger partial charge in [-0.1, -0.05) is 0 Å². The maximum absolute atomic E-state index is 11.3. The topological polar surface area (TPSA) is 73.3 Å². The van der Waals surface area contributed by atoms with Crippen LogP contribution in [0.1, 0.15) is 23.3 Å². The van der Waals surface area contributed by atoms with E-state index in [-0.39, 0.29) is 5.69 Å². The molecule has 1 N–H and O–H groups in total. The average Bonchev–Trinajstić information content (AvgIpc) is 2.45. The number of hydrogen-bond donors (Lipinski definition) is 1. The number of carbonyl (C=O) groups is 1. The van der Waals surface area contributed by atoms with Crippen molar-refractivity contribution in [2.24, 2.45) is 5.92 Å². The predicted molar refractivity (Wildman–Crippen MR) is 64.5 cm³/mol. The average molecular weight is 251 g/mol. The molecule has 1 aromatic rings. The standard InChI is InChI=1S/C12H17N3O3/c1-17-12(16)10-6-14-7-11(15-10)18-8-9-3-2-4-13-5-9/h6-7,9,13H,2-5,8H2,1H3. The van der Waals surface area contributed by atoms with Crippen LogP contribution in [-0.4, -0.2) is 42.7 Å². The zero-order valence-electron chi connectivity index (χ0n) is 10.4. The van der Waals surface area contributed by atoms with E-state index in [2.05, 4.69) is 20.0 Å². The molecule has 1 unspecified atom stereocenters. The number of piperidine rings is 1. The highest BCUT2D eigenvalue weighted by Crippen LogP contribution is 2.13. The van der Waals surface area contributed by atoms with Gasteiger partial charge < -0.3 is 14.8 Å². The van der Waals surface area contributed by atoms with Crippen LogP contribution in [0.2, 0.25) is 0 Å². The predicted octanol–water partition coefficient (Wildman–Crippen LogP) is 0.642. The van der Waals surface area contributed by atoms with Crippen molar-refractivity contribution >= 4 is 5.97 Å². The smallest absolute Gasteiger partial charge is 0.358 e. The van der Waals surface area contributed by atoms with E-state index in [1.54, 1.807) is 0 Å². The minimum atomic E-state index is -0.507. The fourth-order valence-corrected chi connectivity index (χ4v) is 1.89. The molecular weight excluding hydrogens is 234 g/mol. The quantitative estimate of drug-likeness (QED) is 0.792. The van der Waals surface area contributed by atoms with Crippen LogP contribution in [0.3, 0.4) is 0 Å². The Hall–Kier alpha value is -1.69. The van der Waals surface area contributed by atoms with Gasteiger partial charge in [-0.3, -0.25) is 4.98 Å². The Bertz CT molecular complexity index is 405. The first-order valence-electron chi connectivity index (χ1n) is 6.03. The second-order valence-electron chi connectivity index (χ2n) is 4.26. The molecule has 0 amide bonds. The van der Waals surface area contributed by atoms with Gasteiger partial charge in [-0.05, 0) is 19.4 Å². The van der Waals surface area contributed by atoms with Crippen LogP contribution >= 0.6 is 0 Å². The molecule has 0 bridgehead atoms. The Morgan fingerprint density at radius 2 is 2.44 bits per heavy atom. The SMILES string of the molecule is COC(=O)c1cncc(OCC2CCCNC2)n1. The second-order valence-corrected chi connectivity index (χ2v) is 4.26. The van der Waals surface area contributed by atoms with Gasteiger partial charge in [0.1, 0.15) is 0 Å². The van der Waals surface area contributed by atoms with Gasteiger partial charge in [-0.15, -0.1) is 0 Å². The third kappa shape index (κ3) is 3.40. The summed E-state index contributed by atoms with van der Waals surface area (Å²) >= 11 is 0. The van der Waals surface area contributed by atoms with Crippen molar-refractivity contribution in [1.29, 1.82) is 0 Å². The number of carbonyl (C=O) groups excluding carboxylic acids is 1. The summed E-state index contributed by atoms with van der Waals surface area (Å²) in [5.74, 6) is 0.345. The molecular formula is C12H17N3O3. The fourth-order valence-electron chi connectivity index (χ4n) is 1.89. The summed E-state index contributed by atoms with van der Waals surface area (Å²) in [5, 5.41) is 3.32. The monoisotopic (exact) mass is 251 g/mol. The molecule has 0 aliphatic carbocycles. The molecule has 6 nitrogen and oxygen atoms in total. The molecule has 0 aromatic carbocycles. The van der Waals surface area contributed by atoms with Crippen molar-refractivity contribution in [2.45, 2.75) is 12.8 Å². The molecule has 18 heavy (non-hydrogen) atoms. The van der Waals surface area contributed by atoms with Crippen LogP contribution in [0.25, 0.3) is 0 Å². The zero-order chi connectivity index (χ0) is 12.8. The lowest BCUT2D eigenvalue weighted by Gasteiger charge is -2.22. The van der Waals surface area contributed by atoms with E-state index in [0.717, 1.165) is 19.5 Å². The third-order valence-corrected chi connectivity index (χ3v) is 2.87. The highest BCUT2D eigenvalue weighted by molar-refractivity contribution is 5.86. The normalized spacial score (nSPS) is 19.3. The Kier molecular flexibility index (Phi) is 4.46. The van der Waals surface area contributed by atoms with Crippen molar-refractivity contribution in [1.82, 2.24) is 15.3 Å². The maximum atomic E-state index is 11.3. The van der Waals surface area contributed by atoms with Crippen molar-refractivity contribution in [3.63, 3.8) is 0 Å². The number of nitrogens with zero attached hydrogens (tertiary/aromatic N) is 2. The fraction of sp³-hybridized carbons (Fsp3) is 0.583. The molecule has 1 saturated heterocycles. The first-order chi connectivity index (χ1) is 8.79. The Morgan fingerprint density at radius 1 is 1.56 bits per heavy atom. The summed E-state index contributed by atoms with van der Waals surface area (Å²) in [7, 11) is 1.31. The van der Waals surface area contributed by atoms with Gasteiger partial charge in [-0.25, -0.2) is 9.78 Å². The molecule has 0 spiro atoms. The van der Waals surface area contributed by atoms with Gasteiger partial charge in [0.2, 0.25) is 5.88 Å². The minimum Gasteiger partial charge on any atom is -0.476 e. The van der Waals surface area contributed by atoms with E-state index in [4.69, 9.17) is 4.74 Å². The Morgan fingerprint density at radius 3 is 3.17 bits per heavy atom. The molecule has 6 heteroatoms. The highest BCUT2D eigenvalue weighted by atomic mass is 16.5. The molecule has 1 aliphatic rings. The largest absolute Gasteiger partial charge is 0.476 e. The van der Waals surface area contributed by atoms with Crippen LogP contribution in [0.4, 0.5) is 0 Å². The van der Waals surface area contributed by atoms with E-state index in [1.165, 1.54) is 25.9 Å². The van der Waals surface area contributed by atoms with Crippen molar-refractivity contribution in [3.8, 4) is 5.88 Å². The summed E-state index contributed by atoms with van der Waals surface area (Å²) in [6.45, 7) is 2.63. The van der Waals surface area contributed by atoms with E-state index >= 15 is 0 Å². The number of aromatic nitrogens is 2. The number of methoxy groups -OCH3 is 1.